The molecule has 0 aliphatic rings. The van der Waals surface area contributed by atoms with Crippen molar-refractivity contribution < 1.29 is 4.79 Å². The third kappa shape index (κ3) is 4.17. The number of hydrogen-bond donors (Lipinski definition) is 2. The van der Waals surface area contributed by atoms with Crippen molar-refractivity contribution in [1.29, 1.82) is 0 Å². The van der Waals surface area contributed by atoms with Crippen molar-refractivity contribution in [3.8, 4) is 0 Å². The molecule has 1 aromatic carbocycles. The van der Waals surface area contributed by atoms with Crippen LogP contribution in [0.4, 0.5) is 0 Å². The summed E-state index contributed by atoms with van der Waals surface area (Å²) in [4.78, 5) is 16.3. The molecule has 1 aromatic heterocycles. The summed E-state index contributed by atoms with van der Waals surface area (Å²) in [6.07, 6.45) is 0.536. The Balaban J connectivity index is 1.85. The van der Waals surface area contributed by atoms with Gasteiger partial charge in [0.15, 0.2) is 0 Å². The van der Waals surface area contributed by atoms with Crippen LogP contribution in [0.1, 0.15) is 17.0 Å². The second-order valence-corrected chi connectivity index (χ2v) is 4.78. The Morgan fingerprint density at radius 1 is 1.20 bits per heavy atom. The molecule has 0 fully saturated rings. The lowest BCUT2D eigenvalue weighted by Crippen LogP contribution is -2.41. The van der Waals surface area contributed by atoms with Crippen LogP contribution in [0.25, 0.3) is 0 Å². The van der Waals surface area contributed by atoms with E-state index in [-0.39, 0.29) is 5.91 Å². The van der Waals surface area contributed by atoms with Gasteiger partial charge < -0.3 is 11.1 Å². The largest absolute Gasteiger partial charge is 0.349 e. The number of rotatable bonds is 5. The van der Waals surface area contributed by atoms with Crippen LogP contribution in [0.5, 0.6) is 0 Å². The van der Waals surface area contributed by atoms with E-state index >= 15 is 0 Å². The van der Waals surface area contributed by atoms with Crippen LogP contribution < -0.4 is 11.1 Å². The molecular formula is C16H19N3O. The average molecular weight is 269 g/mol. The molecule has 0 spiro atoms. The first-order valence-corrected chi connectivity index (χ1v) is 6.65. The van der Waals surface area contributed by atoms with Gasteiger partial charge in [-0.1, -0.05) is 36.4 Å². The number of benzene rings is 1. The molecule has 104 valence electrons. The van der Waals surface area contributed by atoms with E-state index in [9.17, 15) is 4.79 Å². The number of nitrogens with zero attached hydrogens (tertiary/aromatic N) is 1. The molecule has 0 bridgehead atoms. The van der Waals surface area contributed by atoms with Crippen LogP contribution in [-0.2, 0) is 17.8 Å². The third-order valence-electron chi connectivity index (χ3n) is 3.02. The molecule has 1 atom stereocenters. The SMILES string of the molecule is Cc1cccc(CNC(=O)C(N)Cc2ccccc2)n1. The molecule has 3 N–H and O–H groups in total. The second-order valence-electron chi connectivity index (χ2n) is 4.78. The maximum Gasteiger partial charge on any atom is 0.237 e. The molecule has 1 amide bonds. The Bertz CT molecular complexity index is 569. The summed E-state index contributed by atoms with van der Waals surface area (Å²) in [6.45, 7) is 2.33. The average Bonchev–Trinajstić information content (AvgIpc) is 2.46. The number of hydrogen-bond acceptors (Lipinski definition) is 3. The van der Waals surface area contributed by atoms with Crippen molar-refractivity contribution >= 4 is 5.91 Å². The lowest BCUT2D eigenvalue weighted by molar-refractivity contribution is -0.122. The predicted octanol–water partition coefficient (Wildman–Crippen LogP) is 1.58. The monoisotopic (exact) mass is 269 g/mol. The zero-order chi connectivity index (χ0) is 14.4. The smallest absolute Gasteiger partial charge is 0.237 e. The number of aryl methyl sites for hydroxylation is 1. The molecule has 0 aliphatic heterocycles. The highest BCUT2D eigenvalue weighted by Gasteiger charge is 2.13. The van der Waals surface area contributed by atoms with Gasteiger partial charge in [-0.05, 0) is 31.0 Å². The lowest BCUT2D eigenvalue weighted by Gasteiger charge is -2.12. The minimum Gasteiger partial charge on any atom is -0.349 e. The van der Waals surface area contributed by atoms with E-state index in [4.69, 9.17) is 5.73 Å². The van der Waals surface area contributed by atoms with Gasteiger partial charge in [0, 0.05) is 5.69 Å². The van der Waals surface area contributed by atoms with Crippen LogP contribution in [0.3, 0.4) is 0 Å². The van der Waals surface area contributed by atoms with E-state index in [1.807, 2.05) is 55.5 Å². The number of nitrogens with one attached hydrogen (secondary N) is 1. The van der Waals surface area contributed by atoms with Crippen molar-refractivity contribution in [3.05, 3.63) is 65.5 Å². The first kappa shape index (κ1) is 14.2. The summed E-state index contributed by atoms with van der Waals surface area (Å²) < 4.78 is 0. The fraction of sp³-hybridized carbons (Fsp3) is 0.250. The van der Waals surface area contributed by atoms with E-state index < -0.39 is 6.04 Å². The van der Waals surface area contributed by atoms with Crippen LogP contribution in [0, 0.1) is 6.92 Å². The molecular weight excluding hydrogens is 250 g/mol. The Hall–Kier alpha value is -2.20. The predicted molar refractivity (Wildman–Crippen MR) is 78.9 cm³/mol. The van der Waals surface area contributed by atoms with Gasteiger partial charge in [-0.15, -0.1) is 0 Å². The van der Waals surface area contributed by atoms with E-state index in [0.29, 0.717) is 13.0 Å². The second kappa shape index (κ2) is 6.82. The molecule has 4 heteroatoms. The molecule has 0 radical (unpaired) electrons. The molecule has 2 rings (SSSR count). The van der Waals surface area contributed by atoms with Gasteiger partial charge in [-0.25, -0.2) is 0 Å². The molecule has 0 saturated carbocycles. The molecule has 0 saturated heterocycles. The van der Waals surface area contributed by atoms with E-state index in [1.54, 1.807) is 0 Å². The van der Waals surface area contributed by atoms with Crippen LogP contribution in [-0.4, -0.2) is 16.9 Å². The molecule has 2 aromatic rings. The van der Waals surface area contributed by atoms with Gasteiger partial charge in [-0.3, -0.25) is 9.78 Å². The van der Waals surface area contributed by atoms with Gasteiger partial charge in [-0.2, -0.15) is 0 Å². The number of nitrogens with two attached hydrogens (primary N) is 1. The normalized spacial score (nSPS) is 11.9. The molecule has 1 heterocycles. The lowest BCUT2D eigenvalue weighted by atomic mass is 10.1. The van der Waals surface area contributed by atoms with Gasteiger partial charge in [0.25, 0.3) is 0 Å². The Morgan fingerprint density at radius 3 is 2.65 bits per heavy atom. The van der Waals surface area contributed by atoms with Crippen molar-refractivity contribution in [2.75, 3.05) is 0 Å². The number of carbonyl (C=O) groups excluding carboxylic acids is 1. The number of pyridine rings is 1. The first-order chi connectivity index (χ1) is 9.65. The van der Waals surface area contributed by atoms with Gasteiger partial charge in [0.2, 0.25) is 5.91 Å². The van der Waals surface area contributed by atoms with Crippen molar-refractivity contribution in [1.82, 2.24) is 10.3 Å². The van der Waals surface area contributed by atoms with E-state index in [0.717, 1.165) is 17.0 Å². The summed E-state index contributed by atoms with van der Waals surface area (Å²) in [5.74, 6) is -0.155. The maximum atomic E-state index is 11.9. The van der Waals surface area contributed by atoms with Gasteiger partial charge in [0.05, 0.1) is 18.3 Å². The first-order valence-electron chi connectivity index (χ1n) is 6.65. The molecule has 1 unspecified atom stereocenters. The summed E-state index contributed by atoms with van der Waals surface area (Å²) in [7, 11) is 0. The van der Waals surface area contributed by atoms with Crippen molar-refractivity contribution in [2.24, 2.45) is 5.73 Å². The zero-order valence-corrected chi connectivity index (χ0v) is 11.5. The van der Waals surface area contributed by atoms with Crippen molar-refractivity contribution in [2.45, 2.75) is 25.9 Å². The summed E-state index contributed by atoms with van der Waals surface area (Å²) in [6, 6.07) is 15.0. The molecule has 20 heavy (non-hydrogen) atoms. The Labute approximate surface area is 119 Å². The maximum absolute atomic E-state index is 11.9. The highest BCUT2D eigenvalue weighted by atomic mass is 16.2. The third-order valence-corrected chi connectivity index (χ3v) is 3.02. The van der Waals surface area contributed by atoms with Gasteiger partial charge in [0.1, 0.15) is 0 Å². The fourth-order valence-electron chi connectivity index (χ4n) is 1.97. The summed E-state index contributed by atoms with van der Waals surface area (Å²) in [5, 5.41) is 2.82. The number of amides is 1. The van der Waals surface area contributed by atoms with Crippen LogP contribution in [0.15, 0.2) is 48.5 Å². The molecule has 0 aliphatic carbocycles. The standard InChI is InChI=1S/C16H19N3O/c1-12-6-5-9-14(19-12)11-18-16(20)15(17)10-13-7-3-2-4-8-13/h2-9,15H,10-11,17H2,1H3,(H,18,20). The zero-order valence-electron chi connectivity index (χ0n) is 11.5. The topological polar surface area (TPSA) is 68.0 Å². The van der Waals surface area contributed by atoms with Gasteiger partial charge >= 0.3 is 0 Å². The van der Waals surface area contributed by atoms with E-state index in [2.05, 4.69) is 10.3 Å². The summed E-state index contributed by atoms with van der Waals surface area (Å²) in [5.41, 5.74) is 8.74. The Kier molecular flexibility index (Phi) is 4.85. The van der Waals surface area contributed by atoms with Crippen LogP contribution >= 0.6 is 0 Å². The number of aromatic nitrogens is 1. The minimum atomic E-state index is -0.540. The highest BCUT2D eigenvalue weighted by Crippen LogP contribution is 2.02. The molecule has 4 nitrogen and oxygen atoms in total. The van der Waals surface area contributed by atoms with E-state index in [1.165, 1.54) is 0 Å². The van der Waals surface area contributed by atoms with Crippen LogP contribution in [0.2, 0.25) is 0 Å². The number of carbonyl (C=O) groups is 1. The highest BCUT2D eigenvalue weighted by molar-refractivity contribution is 5.81. The fourth-order valence-corrected chi connectivity index (χ4v) is 1.97. The summed E-state index contributed by atoms with van der Waals surface area (Å²) >= 11 is 0. The minimum absolute atomic E-state index is 0.155. The Morgan fingerprint density at radius 2 is 1.95 bits per heavy atom. The quantitative estimate of drug-likeness (QED) is 0.866. The van der Waals surface area contributed by atoms with Crippen molar-refractivity contribution in [3.63, 3.8) is 0 Å².